The lowest BCUT2D eigenvalue weighted by Gasteiger charge is -2.33. The minimum atomic E-state index is -0.861. The SMILES string of the molecule is CCc1ccc(-c2ccc(F)cc2)c(C)c1C1=C(OC(C)=O)C2(CCCCC2)OC1=O. The Morgan fingerprint density at radius 3 is 2.39 bits per heavy atom. The molecule has 4 nitrogen and oxygen atoms in total. The number of benzene rings is 2. The zero-order valence-electron chi connectivity index (χ0n) is 18.2. The summed E-state index contributed by atoms with van der Waals surface area (Å²) in [6.07, 6.45) is 4.92. The molecule has 4 rings (SSSR count). The molecule has 0 radical (unpaired) electrons. The second-order valence-electron chi connectivity index (χ2n) is 8.37. The Bertz CT molecular complexity index is 1060. The lowest BCUT2D eigenvalue weighted by molar-refractivity contribution is -0.154. The lowest BCUT2D eigenvalue weighted by atomic mass is 9.81. The number of rotatable bonds is 4. The van der Waals surface area contributed by atoms with Gasteiger partial charge in [0, 0.05) is 6.92 Å². The van der Waals surface area contributed by atoms with E-state index in [2.05, 4.69) is 0 Å². The van der Waals surface area contributed by atoms with Gasteiger partial charge in [-0.2, -0.15) is 0 Å². The van der Waals surface area contributed by atoms with E-state index < -0.39 is 17.5 Å². The van der Waals surface area contributed by atoms with Crippen LogP contribution in [0.25, 0.3) is 16.7 Å². The molecule has 31 heavy (non-hydrogen) atoms. The highest BCUT2D eigenvalue weighted by Crippen LogP contribution is 2.48. The Kier molecular flexibility index (Phi) is 5.69. The molecule has 0 atom stereocenters. The predicted molar refractivity (Wildman–Crippen MR) is 117 cm³/mol. The van der Waals surface area contributed by atoms with Crippen molar-refractivity contribution in [2.75, 3.05) is 0 Å². The van der Waals surface area contributed by atoms with Crippen molar-refractivity contribution in [1.82, 2.24) is 0 Å². The Labute approximate surface area is 182 Å². The van der Waals surface area contributed by atoms with E-state index in [0.717, 1.165) is 47.1 Å². The minimum Gasteiger partial charge on any atom is -0.447 e. The van der Waals surface area contributed by atoms with Crippen LogP contribution >= 0.6 is 0 Å². The van der Waals surface area contributed by atoms with Crippen molar-refractivity contribution in [3.05, 3.63) is 64.7 Å². The van der Waals surface area contributed by atoms with Crippen LogP contribution in [0.2, 0.25) is 0 Å². The Morgan fingerprint density at radius 2 is 1.77 bits per heavy atom. The maximum Gasteiger partial charge on any atom is 0.343 e. The van der Waals surface area contributed by atoms with E-state index in [4.69, 9.17) is 9.47 Å². The Hall–Kier alpha value is -2.95. The van der Waals surface area contributed by atoms with Gasteiger partial charge in [-0.15, -0.1) is 0 Å². The summed E-state index contributed by atoms with van der Waals surface area (Å²) in [5.41, 5.74) is 3.88. The number of esters is 2. The molecule has 1 fully saturated rings. The molecule has 2 aliphatic rings. The third-order valence-electron chi connectivity index (χ3n) is 6.38. The summed E-state index contributed by atoms with van der Waals surface area (Å²) >= 11 is 0. The topological polar surface area (TPSA) is 52.6 Å². The van der Waals surface area contributed by atoms with Crippen molar-refractivity contribution in [2.45, 2.75) is 64.9 Å². The van der Waals surface area contributed by atoms with Crippen molar-refractivity contribution < 1.29 is 23.5 Å². The van der Waals surface area contributed by atoms with E-state index in [1.165, 1.54) is 19.1 Å². The number of halogens is 1. The highest BCUT2D eigenvalue weighted by atomic mass is 19.1. The van der Waals surface area contributed by atoms with Crippen molar-refractivity contribution in [1.29, 1.82) is 0 Å². The molecule has 162 valence electrons. The quantitative estimate of drug-likeness (QED) is 0.576. The van der Waals surface area contributed by atoms with Gasteiger partial charge >= 0.3 is 11.9 Å². The fourth-order valence-electron chi connectivity index (χ4n) is 4.90. The second-order valence-corrected chi connectivity index (χ2v) is 8.37. The smallest absolute Gasteiger partial charge is 0.343 e. The summed E-state index contributed by atoms with van der Waals surface area (Å²) in [5.74, 6) is -0.836. The molecule has 2 aromatic rings. The van der Waals surface area contributed by atoms with E-state index in [9.17, 15) is 14.0 Å². The first-order valence-corrected chi connectivity index (χ1v) is 10.9. The van der Waals surface area contributed by atoms with Gasteiger partial charge in [-0.25, -0.2) is 9.18 Å². The van der Waals surface area contributed by atoms with Crippen molar-refractivity contribution in [3.63, 3.8) is 0 Å². The summed E-state index contributed by atoms with van der Waals surface area (Å²) < 4.78 is 25.1. The summed E-state index contributed by atoms with van der Waals surface area (Å²) in [6, 6.07) is 10.3. The van der Waals surface area contributed by atoms with Crippen molar-refractivity contribution in [2.24, 2.45) is 0 Å². The van der Waals surface area contributed by atoms with Crippen LogP contribution in [-0.4, -0.2) is 17.5 Å². The minimum absolute atomic E-state index is 0.301. The molecule has 0 saturated heterocycles. The fraction of sp³-hybridized carbons (Fsp3) is 0.385. The number of carbonyl (C=O) groups is 2. The maximum atomic E-state index is 13.5. The molecule has 1 saturated carbocycles. The van der Waals surface area contributed by atoms with Gasteiger partial charge in [0.05, 0.1) is 0 Å². The number of hydrogen-bond acceptors (Lipinski definition) is 4. The van der Waals surface area contributed by atoms with Crippen LogP contribution in [0.1, 0.15) is 62.6 Å². The van der Waals surface area contributed by atoms with Crippen molar-refractivity contribution in [3.8, 4) is 11.1 Å². The van der Waals surface area contributed by atoms with Gasteiger partial charge in [0.15, 0.2) is 11.4 Å². The number of ether oxygens (including phenoxy) is 2. The predicted octanol–water partition coefficient (Wildman–Crippen LogP) is 5.90. The average molecular weight is 422 g/mol. The van der Waals surface area contributed by atoms with Crippen LogP contribution in [-0.2, 0) is 25.5 Å². The second kappa shape index (κ2) is 8.29. The lowest BCUT2D eigenvalue weighted by Crippen LogP contribution is -2.36. The van der Waals surface area contributed by atoms with Crippen LogP contribution in [0.3, 0.4) is 0 Å². The summed E-state index contributed by atoms with van der Waals surface area (Å²) in [4.78, 5) is 25.2. The summed E-state index contributed by atoms with van der Waals surface area (Å²) in [5, 5.41) is 0. The molecule has 0 amide bonds. The van der Waals surface area contributed by atoms with Crippen molar-refractivity contribution >= 4 is 17.5 Å². The van der Waals surface area contributed by atoms with Gasteiger partial charge < -0.3 is 9.47 Å². The van der Waals surface area contributed by atoms with E-state index >= 15 is 0 Å². The zero-order valence-corrected chi connectivity index (χ0v) is 18.2. The number of carbonyl (C=O) groups excluding carboxylic acids is 2. The number of hydrogen-bond donors (Lipinski definition) is 0. The molecule has 1 aliphatic carbocycles. The van der Waals surface area contributed by atoms with Gasteiger partial charge in [-0.1, -0.05) is 37.6 Å². The van der Waals surface area contributed by atoms with Gasteiger partial charge in [-0.05, 0) is 79.0 Å². The van der Waals surface area contributed by atoms with E-state index in [0.29, 0.717) is 30.6 Å². The maximum absolute atomic E-state index is 13.5. The fourth-order valence-corrected chi connectivity index (χ4v) is 4.90. The van der Waals surface area contributed by atoms with Crippen LogP contribution in [0, 0.1) is 12.7 Å². The third-order valence-corrected chi connectivity index (χ3v) is 6.38. The normalized spacial score (nSPS) is 17.7. The first-order valence-electron chi connectivity index (χ1n) is 10.9. The van der Waals surface area contributed by atoms with Crippen LogP contribution in [0.5, 0.6) is 0 Å². The summed E-state index contributed by atoms with van der Waals surface area (Å²) in [6.45, 7) is 5.33. The molecular weight excluding hydrogens is 395 g/mol. The van der Waals surface area contributed by atoms with Gasteiger partial charge in [-0.3, -0.25) is 4.79 Å². The molecule has 2 aromatic carbocycles. The van der Waals surface area contributed by atoms with E-state index in [1.54, 1.807) is 12.1 Å². The molecule has 0 unspecified atom stereocenters. The average Bonchev–Trinajstić information content (AvgIpc) is 2.99. The molecule has 1 aliphatic heterocycles. The molecular formula is C26H27FO4. The van der Waals surface area contributed by atoms with Crippen LogP contribution in [0.4, 0.5) is 4.39 Å². The largest absolute Gasteiger partial charge is 0.447 e. The Balaban J connectivity index is 1.96. The highest BCUT2D eigenvalue weighted by Gasteiger charge is 2.51. The molecule has 5 heteroatoms. The molecule has 1 spiro atoms. The Morgan fingerprint density at radius 1 is 1.10 bits per heavy atom. The summed E-state index contributed by atoms with van der Waals surface area (Å²) in [7, 11) is 0. The zero-order chi connectivity index (χ0) is 22.2. The molecule has 0 bridgehead atoms. The van der Waals surface area contributed by atoms with Gasteiger partial charge in [0.25, 0.3) is 0 Å². The monoisotopic (exact) mass is 422 g/mol. The van der Waals surface area contributed by atoms with E-state index in [-0.39, 0.29) is 5.82 Å². The first kappa shape index (κ1) is 21.3. The van der Waals surface area contributed by atoms with Crippen LogP contribution < -0.4 is 0 Å². The third kappa shape index (κ3) is 3.78. The highest BCUT2D eigenvalue weighted by molar-refractivity contribution is 6.21. The van der Waals surface area contributed by atoms with Crippen LogP contribution in [0.15, 0.2) is 42.2 Å². The molecule has 0 N–H and O–H groups in total. The number of aryl methyl sites for hydroxylation is 1. The first-order chi connectivity index (χ1) is 14.9. The van der Waals surface area contributed by atoms with Gasteiger partial charge in [0.2, 0.25) is 0 Å². The van der Waals surface area contributed by atoms with Gasteiger partial charge in [0.1, 0.15) is 11.4 Å². The standard InChI is InChI=1S/C26H27FO4/c1-4-18-10-13-21(19-8-11-20(27)12-9-19)16(2)22(18)23-24(30-17(3)28)26(31-25(23)29)14-6-5-7-15-26/h8-13H,4-7,14-15H2,1-3H3. The molecule has 0 aromatic heterocycles. The molecule has 1 heterocycles. The van der Waals surface area contributed by atoms with E-state index in [1.807, 2.05) is 26.0 Å².